The Morgan fingerprint density at radius 1 is 1.46 bits per heavy atom. The van der Waals surface area contributed by atoms with Crippen molar-refractivity contribution in [2.45, 2.75) is 19.3 Å². The molecule has 1 aromatic heterocycles. The van der Waals surface area contributed by atoms with Gasteiger partial charge in [-0.25, -0.2) is 0 Å². The summed E-state index contributed by atoms with van der Waals surface area (Å²) in [5.74, 6) is 0. The van der Waals surface area contributed by atoms with Crippen LogP contribution in [0.5, 0.6) is 0 Å². The highest BCUT2D eigenvalue weighted by Gasteiger charge is 2.19. The molecule has 66 valence electrons. The van der Waals surface area contributed by atoms with Crippen molar-refractivity contribution in [3.8, 4) is 6.07 Å². The summed E-state index contributed by atoms with van der Waals surface area (Å²) in [7, 11) is 0. The number of H-pyrrole nitrogens is 1. The monoisotopic (exact) mass is 175 g/mol. The zero-order valence-corrected chi connectivity index (χ0v) is 7.05. The van der Waals surface area contributed by atoms with Crippen LogP contribution in [0.25, 0.3) is 0 Å². The third-order valence-electron chi connectivity index (χ3n) is 2.41. The Morgan fingerprint density at radius 3 is 2.92 bits per heavy atom. The fourth-order valence-corrected chi connectivity index (χ4v) is 1.77. The summed E-state index contributed by atoms with van der Waals surface area (Å²) in [6.07, 6.45) is 2.68. The maximum atomic E-state index is 11.2. The SMILES string of the molecule is N#Cc1c2c([nH]c(=O)c1N)CCC2. The molecular formula is C9H9N3O. The Kier molecular flexibility index (Phi) is 1.59. The normalized spacial score (nSPS) is 13.8. The third kappa shape index (κ3) is 1.01. The van der Waals surface area contributed by atoms with Crippen molar-refractivity contribution in [3.05, 3.63) is 27.2 Å². The van der Waals surface area contributed by atoms with Gasteiger partial charge >= 0.3 is 0 Å². The molecule has 0 unspecified atom stereocenters. The summed E-state index contributed by atoms with van der Waals surface area (Å²) >= 11 is 0. The predicted molar refractivity (Wildman–Crippen MR) is 48.2 cm³/mol. The van der Waals surface area contributed by atoms with Gasteiger partial charge in [-0.1, -0.05) is 0 Å². The quantitative estimate of drug-likeness (QED) is 0.595. The molecule has 0 bridgehead atoms. The minimum absolute atomic E-state index is 0.0585. The smallest absolute Gasteiger partial charge is 0.272 e. The molecule has 3 N–H and O–H groups in total. The maximum absolute atomic E-state index is 11.2. The van der Waals surface area contributed by atoms with Crippen LogP contribution in [0.2, 0.25) is 0 Å². The first-order chi connectivity index (χ1) is 6.24. The van der Waals surface area contributed by atoms with E-state index >= 15 is 0 Å². The Morgan fingerprint density at radius 2 is 2.23 bits per heavy atom. The number of aryl methyl sites for hydroxylation is 1. The number of nitriles is 1. The lowest BCUT2D eigenvalue weighted by atomic mass is 10.1. The van der Waals surface area contributed by atoms with Gasteiger partial charge in [-0.2, -0.15) is 5.26 Å². The van der Waals surface area contributed by atoms with Crippen LogP contribution in [0.3, 0.4) is 0 Å². The van der Waals surface area contributed by atoms with Gasteiger partial charge < -0.3 is 10.7 Å². The van der Waals surface area contributed by atoms with Gasteiger partial charge in [-0.3, -0.25) is 4.79 Å². The molecule has 1 aromatic rings. The fraction of sp³-hybridized carbons (Fsp3) is 0.333. The maximum Gasteiger partial charge on any atom is 0.272 e. The molecule has 0 saturated heterocycles. The van der Waals surface area contributed by atoms with Crippen LogP contribution < -0.4 is 11.3 Å². The number of rotatable bonds is 0. The molecule has 13 heavy (non-hydrogen) atoms. The molecule has 4 nitrogen and oxygen atoms in total. The molecule has 0 amide bonds. The summed E-state index contributed by atoms with van der Waals surface area (Å²) in [6, 6.07) is 1.99. The zero-order chi connectivity index (χ0) is 9.42. The van der Waals surface area contributed by atoms with Crippen molar-refractivity contribution in [3.63, 3.8) is 0 Å². The molecular weight excluding hydrogens is 166 g/mol. The molecule has 0 atom stereocenters. The topological polar surface area (TPSA) is 82.7 Å². The number of nitrogens with two attached hydrogens (primary N) is 1. The second-order valence-electron chi connectivity index (χ2n) is 3.17. The Hall–Kier alpha value is -1.76. The molecule has 1 aliphatic rings. The molecule has 1 aliphatic carbocycles. The molecule has 0 saturated carbocycles. The summed E-state index contributed by atoms with van der Waals surface area (Å²) in [5.41, 5.74) is 7.41. The third-order valence-corrected chi connectivity index (χ3v) is 2.41. The number of anilines is 1. The van der Waals surface area contributed by atoms with Crippen LogP contribution in [0.4, 0.5) is 5.69 Å². The molecule has 0 fully saturated rings. The van der Waals surface area contributed by atoms with Gasteiger partial charge in [0.15, 0.2) is 0 Å². The van der Waals surface area contributed by atoms with Gasteiger partial charge in [0, 0.05) is 5.69 Å². The van der Waals surface area contributed by atoms with E-state index in [2.05, 4.69) is 4.98 Å². The minimum atomic E-state index is -0.336. The van der Waals surface area contributed by atoms with Crippen LogP contribution in [0.1, 0.15) is 23.2 Å². The standard InChI is InChI=1S/C9H9N3O/c10-4-6-5-2-1-3-7(5)12-9(13)8(6)11/h1-3,11H2,(H,12,13). The second-order valence-corrected chi connectivity index (χ2v) is 3.17. The highest BCUT2D eigenvalue weighted by molar-refractivity contribution is 5.58. The van der Waals surface area contributed by atoms with Gasteiger partial charge in [0.1, 0.15) is 11.8 Å². The van der Waals surface area contributed by atoms with Crippen LogP contribution in [0, 0.1) is 11.3 Å². The van der Waals surface area contributed by atoms with E-state index in [0.29, 0.717) is 5.56 Å². The summed E-state index contributed by atoms with van der Waals surface area (Å²) in [6.45, 7) is 0. The van der Waals surface area contributed by atoms with E-state index in [1.54, 1.807) is 0 Å². The number of aromatic amines is 1. The first-order valence-electron chi connectivity index (χ1n) is 4.17. The van der Waals surface area contributed by atoms with Crippen molar-refractivity contribution >= 4 is 5.69 Å². The molecule has 0 aliphatic heterocycles. The second kappa shape index (κ2) is 2.63. The number of fused-ring (bicyclic) bond motifs is 1. The average molecular weight is 175 g/mol. The van der Waals surface area contributed by atoms with E-state index in [-0.39, 0.29) is 11.2 Å². The zero-order valence-electron chi connectivity index (χ0n) is 7.05. The van der Waals surface area contributed by atoms with Crippen LogP contribution in [0.15, 0.2) is 4.79 Å². The van der Waals surface area contributed by atoms with Crippen LogP contribution >= 0.6 is 0 Å². The lowest BCUT2D eigenvalue weighted by Gasteiger charge is -2.03. The van der Waals surface area contributed by atoms with Crippen molar-refractivity contribution in [2.24, 2.45) is 0 Å². The number of pyridine rings is 1. The largest absolute Gasteiger partial charge is 0.393 e. The first-order valence-corrected chi connectivity index (χ1v) is 4.17. The number of aromatic nitrogens is 1. The number of nitrogens with zero attached hydrogens (tertiary/aromatic N) is 1. The predicted octanol–water partition coefficient (Wildman–Crippen LogP) is 0.317. The molecule has 1 heterocycles. The molecule has 2 rings (SSSR count). The Balaban J connectivity index is 2.81. The molecule has 0 radical (unpaired) electrons. The highest BCUT2D eigenvalue weighted by Crippen LogP contribution is 2.24. The van der Waals surface area contributed by atoms with E-state index in [1.165, 1.54) is 0 Å². The Labute approximate surface area is 75.0 Å². The first kappa shape index (κ1) is 7.87. The minimum Gasteiger partial charge on any atom is -0.393 e. The summed E-state index contributed by atoms with van der Waals surface area (Å²) in [5, 5.41) is 8.82. The number of hydrogen-bond donors (Lipinski definition) is 2. The Bertz CT molecular complexity index is 453. The summed E-state index contributed by atoms with van der Waals surface area (Å²) in [4.78, 5) is 13.9. The van der Waals surface area contributed by atoms with Gasteiger partial charge in [0.05, 0.1) is 5.56 Å². The lowest BCUT2D eigenvalue weighted by molar-refractivity contribution is 0.897. The van der Waals surface area contributed by atoms with Gasteiger partial charge in [-0.05, 0) is 24.8 Å². The highest BCUT2D eigenvalue weighted by atomic mass is 16.1. The van der Waals surface area contributed by atoms with Crippen LogP contribution in [-0.4, -0.2) is 4.98 Å². The van der Waals surface area contributed by atoms with Crippen molar-refractivity contribution < 1.29 is 0 Å². The van der Waals surface area contributed by atoms with E-state index in [9.17, 15) is 4.79 Å². The van der Waals surface area contributed by atoms with E-state index in [0.717, 1.165) is 30.5 Å². The lowest BCUT2D eigenvalue weighted by Crippen LogP contribution is -2.16. The molecule has 0 spiro atoms. The fourth-order valence-electron chi connectivity index (χ4n) is 1.77. The van der Waals surface area contributed by atoms with Crippen molar-refractivity contribution in [2.75, 3.05) is 5.73 Å². The van der Waals surface area contributed by atoms with Gasteiger partial charge in [-0.15, -0.1) is 0 Å². The van der Waals surface area contributed by atoms with Crippen LogP contribution in [-0.2, 0) is 12.8 Å². The van der Waals surface area contributed by atoms with Crippen molar-refractivity contribution in [1.82, 2.24) is 4.98 Å². The van der Waals surface area contributed by atoms with Crippen molar-refractivity contribution in [1.29, 1.82) is 5.26 Å². The summed E-state index contributed by atoms with van der Waals surface area (Å²) < 4.78 is 0. The van der Waals surface area contributed by atoms with E-state index < -0.39 is 0 Å². The average Bonchev–Trinajstić information content (AvgIpc) is 2.54. The number of hydrogen-bond acceptors (Lipinski definition) is 3. The van der Waals surface area contributed by atoms with E-state index in [4.69, 9.17) is 11.0 Å². The van der Waals surface area contributed by atoms with E-state index in [1.807, 2.05) is 6.07 Å². The number of nitrogens with one attached hydrogen (secondary N) is 1. The van der Waals surface area contributed by atoms with Gasteiger partial charge in [0.25, 0.3) is 5.56 Å². The van der Waals surface area contributed by atoms with Gasteiger partial charge in [0.2, 0.25) is 0 Å². The molecule has 0 aromatic carbocycles. The molecule has 4 heteroatoms. The number of nitrogen functional groups attached to an aromatic ring is 1.